The highest BCUT2D eigenvalue weighted by atomic mass is 35.5. The number of anilines is 2. The molecule has 0 bridgehead atoms. The molecule has 1 fully saturated rings. The van der Waals surface area contributed by atoms with Crippen molar-refractivity contribution in [2.75, 3.05) is 17.7 Å². The summed E-state index contributed by atoms with van der Waals surface area (Å²) in [6, 6.07) is 8.93. The standard InChI is InChI=1S/C17H19ClN4O2/c1-24-15-8-6-12(10-13(15)18)20-17(23)14-7-9-16(22-21-14)19-11-4-2-3-5-11/h6-11H,2-5H2,1H3,(H,19,22)(H,20,23). The highest BCUT2D eigenvalue weighted by Gasteiger charge is 2.16. The molecule has 3 rings (SSSR count). The molecule has 24 heavy (non-hydrogen) atoms. The van der Waals surface area contributed by atoms with Gasteiger partial charge in [-0.2, -0.15) is 0 Å². The minimum Gasteiger partial charge on any atom is -0.495 e. The maximum absolute atomic E-state index is 12.2. The normalized spacial score (nSPS) is 14.4. The van der Waals surface area contributed by atoms with Crippen LogP contribution in [0.2, 0.25) is 5.02 Å². The van der Waals surface area contributed by atoms with Crippen LogP contribution in [0.4, 0.5) is 11.5 Å². The highest BCUT2D eigenvalue weighted by Crippen LogP contribution is 2.27. The Morgan fingerprint density at radius 2 is 2.00 bits per heavy atom. The van der Waals surface area contributed by atoms with Crippen molar-refractivity contribution in [2.45, 2.75) is 31.7 Å². The van der Waals surface area contributed by atoms with Gasteiger partial charge in [0.15, 0.2) is 5.69 Å². The largest absolute Gasteiger partial charge is 0.495 e. The van der Waals surface area contributed by atoms with E-state index in [1.54, 1.807) is 30.3 Å². The average molecular weight is 347 g/mol. The number of ether oxygens (including phenoxy) is 1. The Morgan fingerprint density at radius 1 is 1.21 bits per heavy atom. The van der Waals surface area contributed by atoms with Crippen LogP contribution in [0.15, 0.2) is 30.3 Å². The number of nitrogens with zero attached hydrogens (tertiary/aromatic N) is 2. The molecule has 2 aromatic rings. The van der Waals surface area contributed by atoms with E-state index in [0.29, 0.717) is 28.3 Å². The van der Waals surface area contributed by atoms with Gasteiger partial charge in [0.1, 0.15) is 11.6 Å². The summed E-state index contributed by atoms with van der Waals surface area (Å²) in [4.78, 5) is 12.2. The number of carbonyl (C=O) groups is 1. The zero-order valence-corrected chi connectivity index (χ0v) is 14.1. The second kappa shape index (κ2) is 7.49. The lowest BCUT2D eigenvalue weighted by atomic mass is 10.2. The van der Waals surface area contributed by atoms with Gasteiger partial charge in [-0.3, -0.25) is 4.79 Å². The summed E-state index contributed by atoms with van der Waals surface area (Å²) in [6.07, 6.45) is 4.80. The molecular formula is C17H19ClN4O2. The minimum atomic E-state index is -0.337. The third kappa shape index (κ3) is 3.94. The van der Waals surface area contributed by atoms with E-state index >= 15 is 0 Å². The van der Waals surface area contributed by atoms with Crippen LogP contribution < -0.4 is 15.4 Å². The van der Waals surface area contributed by atoms with Crippen LogP contribution in [0.5, 0.6) is 5.75 Å². The number of amides is 1. The first kappa shape index (κ1) is 16.5. The molecule has 0 saturated heterocycles. The number of rotatable bonds is 5. The van der Waals surface area contributed by atoms with Gasteiger partial charge in [0.2, 0.25) is 0 Å². The maximum atomic E-state index is 12.2. The summed E-state index contributed by atoms with van der Waals surface area (Å²) < 4.78 is 5.08. The molecule has 1 aromatic heterocycles. The van der Waals surface area contributed by atoms with Gasteiger partial charge in [-0.15, -0.1) is 10.2 Å². The van der Waals surface area contributed by atoms with Crippen LogP contribution in [0.3, 0.4) is 0 Å². The average Bonchev–Trinajstić information content (AvgIpc) is 3.08. The lowest BCUT2D eigenvalue weighted by molar-refractivity contribution is 0.102. The number of methoxy groups -OCH3 is 1. The van der Waals surface area contributed by atoms with Gasteiger partial charge in [-0.05, 0) is 43.2 Å². The predicted molar refractivity (Wildman–Crippen MR) is 93.9 cm³/mol. The quantitative estimate of drug-likeness (QED) is 0.862. The number of carbonyl (C=O) groups excluding carboxylic acids is 1. The van der Waals surface area contributed by atoms with Crippen molar-refractivity contribution in [1.29, 1.82) is 0 Å². The molecule has 0 aliphatic heterocycles. The van der Waals surface area contributed by atoms with Crippen LogP contribution in [0, 0.1) is 0 Å². The summed E-state index contributed by atoms with van der Waals surface area (Å²) >= 11 is 6.05. The van der Waals surface area contributed by atoms with Crippen molar-refractivity contribution in [1.82, 2.24) is 10.2 Å². The molecule has 0 atom stereocenters. The monoisotopic (exact) mass is 346 g/mol. The van der Waals surface area contributed by atoms with E-state index in [1.165, 1.54) is 20.0 Å². The van der Waals surface area contributed by atoms with Gasteiger partial charge >= 0.3 is 0 Å². The Bertz CT molecular complexity index is 715. The Balaban J connectivity index is 1.63. The summed E-state index contributed by atoms with van der Waals surface area (Å²) in [7, 11) is 1.54. The summed E-state index contributed by atoms with van der Waals surface area (Å²) in [5, 5.41) is 14.6. The van der Waals surface area contributed by atoms with E-state index in [0.717, 1.165) is 12.8 Å². The van der Waals surface area contributed by atoms with Gasteiger partial charge in [-0.25, -0.2) is 0 Å². The van der Waals surface area contributed by atoms with Gasteiger partial charge in [0.25, 0.3) is 5.91 Å². The van der Waals surface area contributed by atoms with Gasteiger partial charge in [-0.1, -0.05) is 24.4 Å². The molecule has 1 aliphatic rings. The van der Waals surface area contributed by atoms with Crippen LogP contribution in [-0.4, -0.2) is 29.3 Å². The van der Waals surface area contributed by atoms with Crippen molar-refractivity contribution in [3.05, 3.63) is 41.0 Å². The van der Waals surface area contributed by atoms with Gasteiger partial charge in [0, 0.05) is 11.7 Å². The van der Waals surface area contributed by atoms with Crippen LogP contribution in [-0.2, 0) is 0 Å². The van der Waals surface area contributed by atoms with E-state index in [1.807, 2.05) is 0 Å². The molecule has 0 spiro atoms. The molecule has 1 heterocycles. The maximum Gasteiger partial charge on any atom is 0.276 e. The lowest BCUT2D eigenvalue weighted by Gasteiger charge is -2.12. The van der Waals surface area contributed by atoms with Crippen LogP contribution >= 0.6 is 11.6 Å². The SMILES string of the molecule is COc1ccc(NC(=O)c2ccc(NC3CCCC3)nn2)cc1Cl. The number of hydrogen-bond donors (Lipinski definition) is 2. The Morgan fingerprint density at radius 3 is 2.62 bits per heavy atom. The van der Waals surface area contributed by atoms with Crippen LogP contribution in [0.1, 0.15) is 36.2 Å². The number of halogens is 1. The number of benzene rings is 1. The highest BCUT2D eigenvalue weighted by molar-refractivity contribution is 6.32. The molecule has 1 aromatic carbocycles. The topological polar surface area (TPSA) is 76.1 Å². The second-order valence-electron chi connectivity index (χ2n) is 5.73. The fourth-order valence-electron chi connectivity index (χ4n) is 2.75. The fourth-order valence-corrected chi connectivity index (χ4v) is 3.01. The Kier molecular flexibility index (Phi) is 5.15. The van der Waals surface area contributed by atoms with Crippen molar-refractivity contribution in [2.24, 2.45) is 0 Å². The molecule has 1 saturated carbocycles. The smallest absolute Gasteiger partial charge is 0.276 e. The van der Waals surface area contributed by atoms with E-state index in [9.17, 15) is 4.79 Å². The molecule has 7 heteroatoms. The molecule has 1 aliphatic carbocycles. The second-order valence-corrected chi connectivity index (χ2v) is 6.14. The Labute approximate surface area is 145 Å². The van der Waals surface area contributed by atoms with E-state index in [2.05, 4.69) is 20.8 Å². The zero-order chi connectivity index (χ0) is 16.9. The Hall–Kier alpha value is -2.34. The van der Waals surface area contributed by atoms with E-state index < -0.39 is 0 Å². The summed E-state index contributed by atoms with van der Waals surface area (Å²) in [5.41, 5.74) is 0.819. The van der Waals surface area contributed by atoms with Crippen LogP contribution in [0.25, 0.3) is 0 Å². The third-order valence-electron chi connectivity index (χ3n) is 4.01. The fraction of sp³-hybridized carbons (Fsp3) is 0.353. The molecule has 6 nitrogen and oxygen atoms in total. The molecule has 0 radical (unpaired) electrons. The first-order valence-electron chi connectivity index (χ1n) is 7.91. The first-order chi connectivity index (χ1) is 11.7. The number of aromatic nitrogens is 2. The van der Waals surface area contributed by atoms with E-state index in [4.69, 9.17) is 16.3 Å². The molecular weight excluding hydrogens is 328 g/mol. The van der Waals surface area contributed by atoms with Crippen molar-refractivity contribution in [3.63, 3.8) is 0 Å². The minimum absolute atomic E-state index is 0.249. The molecule has 1 amide bonds. The van der Waals surface area contributed by atoms with E-state index in [-0.39, 0.29) is 11.6 Å². The molecule has 0 unspecified atom stereocenters. The van der Waals surface area contributed by atoms with Crippen molar-refractivity contribution in [3.8, 4) is 5.75 Å². The molecule has 2 N–H and O–H groups in total. The van der Waals surface area contributed by atoms with Crippen molar-refractivity contribution < 1.29 is 9.53 Å². The number of nitrogens with one attached hydrogen (secondary N) is 2. The van der Waals surface area contributed by atoms with Gasteiger partial charge < -0.3 is 15.4 Å². The summed E-state index contributed by atoms with van der Waals surface area (Å²) in [6.45, 7) is 0. The predicted octanol–water partition coefficient (Wildman–Crippen LogP) is 3.75. The zero-order valence-electron chi connectivity index (χ0n) is 13.4. The summed E-state index contributed by atoms with van der Waals surface area (Å²) in [5.74, 6) is 0.916. The van der Waals surface area contributed by atoms with Gasteiger partial charge in [0.05, 0.1) is 12.1 Å². The third-order valence-corrected chi connectivity index (χ3v) is 4.31. The first-order valence-corrected chi connectivity index (χ1v) is 8.28. The lowest BCUT2D eigenvalue weighted by Crippen LogP contribution is -2.18. The molecule has 126 valence electrons. The number of hydrogen-bond acceptors (Lipinski definition) is 5. The van der Waals surface area contributed by atoms with Crippen molar-refractivity contribution >= 4 is 29.0 Å².